The second-order valence-corrected chi connectivity index (χ2v) is 8.52. The van der Waals surface area contributed by atoms with Crippen molar-refractivity contribution in [1.82, 2.24) is 20.2 Å². The summed E-state index contributed by atoms with van der Waals surface area (Å²) in [4.78, 5) is 6.74. The lowest BCUT2D eigenvalue weighted by molar-refractivity contribution is 0.111. The van der Waals surface area contributed by atoms with Crippen molar-refractivity contribution < 1.29 is 14.6 Å². The molecule has 2 aromatic carbocycles. The number of hydrogen-bond acceptors (Lipinski definition) is 7. The highest BCUT2D eigenvalue weighted by atomic mass is 16.5. The van der Waals surface area contributed by atoms with Gasteiger partial charge in [0.05, 0.1) is 38.1 Å². The molecule has 172 valence electrons. The molecule has 1 aliphatic heterocycles. The van der Waals surface area contributed by atoms with Crippen molar-refractivity contribution in [2.24, 2.45) is 4.99 Å². The predicted molar refractivity (Wildman–Crippen MR) is 125 cm³/mol. The molecule has 1 fully saturated rings. The molecule has 0 radical (unpaired) electrons. The van der Waals surface area contributed by atoms with Crippen LogP contribution >= 0.6 is 0 Å². The van der Waals surface area contributed by atoms with Gasteiger partial charge in [-0.1, -0.05) is 18.2 Å². The summed E-state index contributed by atoms with van der Waals surface area (Å²) in [5, 5.41) is 23.1. The van der Waals surface area contributed by atoms with E-state index >= 15 is 0 Å². The number of aliphatic hydroxyl groups excluding tert-OH is 1. The molecular weight excluding hydrogens is 418 g/mol. The maximum atomic E-state index is 10.4. The molecule has 33 heavy (non-hydrogen) atoms. The molecule has 2 aliphatic rings. The minimum absolute atomic E-state index is 0.0295. The number of methoxy groups -OCH3 is 1. The second-order valence-electron chi connectivity index (χ2n) is 8.52. The monoisotopic (exact) mass is 447 g/mol. The molecule has 8 nitrogen and oxygen atoms in total. The summed E-state index contributed by atoms with van der Waals surface area (Å²) in [6.45, 7) is 5.19. The number of hydrogen-bond donors (Lipinski definition) is 1. The predicted octanol–water partition coefficient (Wildman–Crippen LogP) is 3.62. The van der Waals surface area contributed by atoms with Crippen molar-refractivity contribution in [3.8, 4) is 22.9 Å². The quantitative estimate of drug-likeness (QED) is 0.620. The van der Waals surface area contributed by atoms with E-state index in [1.807, 2.05) is 32.0 Å². The molecule has 0 saturated heterocycles. The zero-order chi connectivity index (χ0) is 22.9. The molecule has 1 N–H and O–H groups in total. The first-order valence-corrected chi connectivity index (χ1v) is 11.6. The molecule has 1 aliphatic carbocycles. The third-order valence-electron chi connectivity index (χ3n) is 6.50. The van der Waals surface area contributed by atoms with Gasteiger partial charge in [-0.3, -0.25) is 4.99 Å². The Morgan fingerprint density at radius 3 is 2.70 bits per heavy atom. The summed E-state index contributed by atoms with van der Waals surface area (Å²) in [7, 11) is 1.66. The summed E-state index contributed by atoms with van der Waals surface area (Å²) in [6, 6.07) is 12.3. The lowest BCUT2D eigenvalue weighted by Crippen LogP contribution is -2.34. The number of ether oxygens (including phenoxy) is 2. The first kappa shape index (κ1) is 21.6. The van der Waals surface area contributed by atoms with E-state index in [9.17, 15) is 5.11 Å². The van der Waals surface area contributed by atoms with Crippen molar-refractivity contribution in [2.45, 2.75) is 57.7 Å². The van der Waals surface area contributed by atoms with Crippen molar-refractivity contribution in [3.63, 3.8) is 0 Å². The average molecular weight is 448 g/mol. The molecule has 0 spiro atoms. The largest absolute Gasteiger partial charge is 0.493 e. The fourth-order valence-corrected chi connectivity index (χ4v) is 4.91. The van der Waals surface area contributed by atoms with E-state index in [0.29, 0.717) is 31.1 Å². The van der Waals surface area contributed by atoms with Crippen LogP contribution in [0.15, 0.2) is 41.4 Å². The van der Waals surface area contributed by atoms with Crippen LogP contribution in [0.5, 0.6) is 11.5 Å². The third-order valence-corrected chi connectivity index (χ3v) is 6.50. The topological polar surface area (TPSA) is 94.7 Å². The van der Waals surface area contributed by atoms with Crippen molar-refractivity contribution in [2.75, 3.05) is 13.7 Å². The molecule has 2 heterocycles. The number of rotatable bonds is 6. The number of aryl methyl sites for hydroxylation is 1. The van der Waals surface area contributed by atoms with Gasteiger partial charge in [-0.05, 0) is 62.1 Å². The van der Waals surface area contributed by atoms with Crippen LogP contribution in [0.2, 0.25) is 0 Å². The van der Waals surface area contributed by atoms with Gasteiger partial charge < -0.3 is 14.6 Å². The maximum absolute atomic E-state index is 10.4. The summed E-state index contributed by atoms with van der Waals surface area (Å²) >= 11 is 0. The molecular formula is C25H29N5O3. The lowest BCUT2D eigenvalue weighted by atomic mass is 9.74. The molecule has 3 unspecified atom stereocenters. The number of aliphatic hydroxyl groups is 1. The van der Waals surface area contributed by atoms with E-state index in [4.69, 9.17) is 14.5 Å². The molecule has 8 heteroatoms. The van der Waals surface area contributed by atoms with Gasteiger partial charge in [0.2, 0.25) is 5.82 Å². The van der Waals surface area contributed by atoms with E-state index in [-0.39, 0.29) is 18.1 Å². The van der Waals surface area contributed by atoms with Crippen LogP contribution < -0.4 is 9.47 Å². The van der Waals surface area contributed by atoms with Crippen molar-refractivity contribution in [3.05, 3.63) is 53.1 Å². The standard InChI is InChI=1S/C25H29N5O3/c1-4-30-28-25(27-29-30)16-8-6-7-15(11-16)24-20-14-22(32-3)23(33-5-2)13-19(20)18-10-9-17(31)12-21(18)26-24/h6-8,11,13-14,17-18,21,31H,4-5,9-10,12H2,1-3H3. The number of nitrogens with zero attached hydrogens (tertiary/aromatic N) is 5. The minimum Gasteiger partial charge on any atom is -0.493 e. The molecule has 3 atom stereocenters. The van der Waals surface area contributed by atoms with Gasteiger partial charge in [0.1, 0.15) is 0 Å². The Morgan fingerprint density at radius 1 is 1.09 bits per heavy atom. The van der Waals surface area contributed by atoms with E-state index < -0.39 is 0 Å². The highest BCUT2D eigenvalue weighted by molar-refractivity contribution is 6.15. The highest BCUT2D eigenvalue weighted by Gasteiger charge is 2.37. The SMILES string of the molecule is CCOc1cc2c(cc1OC)C(c1cccc(-c3nnn(CC)n3)c1)=NC1CC(O)CCC21. The summed E-state index contributed by atoms with van der Waals surface area (Å²) in [5.41, 5.74) is 5.02. The molecule has 0 bridgehead atoms. The Balaban J connectivity index is 1.63. The number of fused-ring (bicyclic) bond motifs is 3. The van der Waals surface area contributed by atoms with E-state index in [0.717, 1.165) is 41.0 Å². The van der Waals surface area contributed by atoms with Gasteiger partial charge in [-0.15, -0.1) is 10.2 Å². The Bertz CT molecular complexity index is 1190. The van der Waals surface area contributed by atoms with Crippen LogP contribution in [0, 0.1) is 0 Å². The van der Waals surface area contributed by atoms with Gasteiger partial charge in [0.25, 0.3) is 0 Å². The Kier molecular flexibility index (Phi) is 5.85. The van der Waals surface area contributed by atoms with Gasteiger partial charge in [0.15, 0.2) is 11.5 Å². The Hall–Kier alpha value is -3.26. The minimum atomic E-state index is -0.318. The maximum Gasteiger partial charge on any atom is 0.204 e. The van der Waals surface area contributed by atoms with Crippen LogP contribution in [0.1, 0.15) is 55.7 Å². The first-order valence-electron chi connectivity index (χ1n) is 11.6. The normalized spacial score (nSPS) is 21.7. The van der Waals surface area contributed by atoms with Crippen LogP contribution in [0.25, 0.3) is 11.4 Å². The summed E-state index contributed by atoms with van der Waals surface area (Å²) in [5.74, 6) is 2.29. The average Bonchev–Trinajstić information content (AvgIpc) is 3.33. The summed E-state index contributed by atoms with van der Waals surface area (Å²) < 4.78 is 11.5. The van der Waals surface area contributed by atoms with E-state index in [2.05, 4.69) is 33.6 Å². The van der Waals surface area contributed by atoms with Gasteiger partial charge in [0, 0.05) is 22.6 Å². The number of tetrazole rings is 1. The third kappa shape index (κ3) is 3.99. The molecule has 1 aromatic heterocycles. The van der Waals surface area contributed by atoms with Crippen LogP contribution in [0.3, 0.4) is 0 Å². The Morgan fingerprint density at radius 2 is 1.94 bits per heavy atom. The van der Waals surface area contributed by atoms with E-state index in [1.54, 1.807) is 11.9 Å². The van der Waals surface area contributed by atoms with Crippen LogP contribution in [-0.2, 0) is 6.54 Å². The Labute approximate surface area is 193 Å². The fourth-order valence-electron chi connectivity index (χ4n) is 4.91. The summed E-state index contributed by atoms with van der Waals surface area (Å²) in [6.07, 6.45) is 2.03. The molecule has 0 amide bonds. The highest BCUT2D eigenvalue weighted by Crippen LogP contribution is 2.45. The zero-order valence-corrected chi connectivity index (χ0v) is 19.2. The fraction of sp³-hybridized carbons (Fsp3) is 0.440. The molecule has 5 rings (SSSR count). The molecule has 1 saturated carbocycles. The van der Waals surface area contributed by atoms with Gasteiger partial charge >= 0.3 is 0 Å². The van der Waals surface area contributed by atoms with Gasteiger partial charge in [-0.25, -0.2) is 0 Å². The number of benzene rings is 2. The van der Waals surface area contributed by atoms with Crippen molar-refractivity contribution in [1.29, 1.82) is 0 Å². The van der Waals surface area contributed by atoms with E-state index in [1.165, 1.54) is 5.56 Å². The van der Waals surface area contributed by atoms with Crippen molar-refractivity contribution >= 4 is 5.71 Å². The second kappa shape index (κ2) is 8.94. The lowest BCUT2D eigenvalue weighted by Gasteiger charge is -2.37. The van der Waals surface area contributed by atoms with Crippen LogP contribution in [0.4, 0.5) is 0 Å². The smallest absolute Gasteiger partial charge is 0.204 e. The number of aliphatic imine (C=N–C) groups is 1. The van der Waals surface area contributed by atoms with Crippen LogP contribution in [-0.4, -0.2) is 56.9 Å². The van der Waals surface area contributed by atoms with Gasteiger partial charge in [-0.2, -0.15) is 4.80 Å². The zero-order valence-electron chi connectivity index (χ0n) is 19.2. The molecule has 3 aromatic rings. The number of aromatic nitrogens is 4. The first-order chi connectivity index (χ1) is 16.1.